The minimum Gasteiger partial charge on any atom is -0.462 e. The van der Waals surface area contributed by atoms with E-state index in [1.807, 2.05) is 0 Å². The maximum absolute atomic E-state index is 13.1. The Morgan fingerprint density at radius 2 is 0.412 bits per heavy atom. The van der Waals surface area contributed by atoms with Crippen molar-refractivity contribution in [1.82, 2.24) is 0 Å². The van der Waals surface area contributed by atoms with Gasteiger partial charge in [0.1, 0.15) is 19.3 Å². The molecule has 0 saturated carbocycles. The van der Waals surface area contributed by atoms with Crippen LogP contribution in [-0.2, 0) is 65.4 Å². The van der Waals surface area contributed by atoms with Crippen molar-refractivity contribution in [3.8, 4) is 0 Å². The molecule has 5 atom stereocenters. The van der Waals surface area contributed by atoms with Crippen LogP contribution < -0.4 is 0 Å². The van der Waals surface area contributed by atoms with Gasteiger partial charge in [0.25, 0.3) is 0 Å². The van der Waals surface area contributed by atoms with Crippen LogP contribution in [-0.4, -0.2) is 96.7 Å². The third-order valence-corrected chi connectivity index (χ3v) is 21.2. The molecule has 0 spiro atoms. The highest BCUT2D eigenvalue weighted by Gasteiger charge is 2.30. The topological polar surface area (TPSA) is 237 Å². The van der Waals surface area contributed by atoms with Gasteiger partial charge in [-0.05, 0) is 49.4 Å². The van der Waals surface area contributed by atoms with Crippen LogP contribution in [0.3, 0.4) is 0 Å². The smallest absolute Gasteiger partial charge is 0.462 e. The average molecular weight is 1490 g/mol. The predicted molar refractivity (Wildman–Crippen MR) is 418 cm³/mol. The minimum atomic E-state index is -4.96. The average Bonchev–Trinajstić information content (AvgIpc) is 0.907. The third kappa shape index (κ3) is 76.3. The zero-order valence-corrected chi connectivity index (χ0v) is 69.0. The third-order valence-electron chi connectivity index (χ3n) is 19.3. The highest BCUT2D eigenvalue weighted by atomic mass is 31.2. The summed E-state index contributed by atoms with van der Waals surface area (Å²) in [6.07, 6.45) is 59.7. The van der Waals surface area contributed by atoms with Crippen molar-refractivity contribution >= 4 is 39.5 Å². The minimum absolute atomic E-state index is 0.106. The van der Waals surface area contributed by atoms with Gasteiger partial charge in [0.2, 0.25) is 0 Å². The quantitative estimate of drug-likeness (QED) is 0.0222. The lowest BCUT2D eigenvalue weighted by Gasteiger charge is -2.21. The van der Waals surface area contributed by atoms with E-state index in [9.17, 15) is 43.2 Å². The van der Waals surface area contributed by atoms with E-state index in [0.717, 1.165) is 114 Å². The lowest BCUT2D eigenvalue weighted by molar-refractivity contribution is -0.161. The van der Waals surface area contributed by atoms with Crippen LogP contribution >= 0.6 is 15.6 Å². The Hall–Kier alpha value is -1.94. The molecule has 102 heavy (non-hydrogen) atoms. The second-order valence-electron chi connectivity index (χ2n) is 31.8. The summed E-state index contributed by atoms with van der Waals surface area (Å²) in [7, 11) is -9.93. The van der Waals surface area contributed by atoms with Crippen LogP contribution in [0.4, 0.5) is 0 Å². The predicted octanol–water partition coefficient (Wildman–Crippen LogP) is 24.8. The Labute approximate surface area is 626 Å². The van der Waals surface area contributed by atoms with Crippen molar-refractivity contribution in [2.45, 2.75) is 446 Å². The molecule has 0 heterocycles. The molecule has 0 rings (SSSR count). The molecule has 0 aromatic carbocycles. The fraction of sp³-hybridized carbons (Fsp3) is 0.952. The van der Waals surface area contributed by atoms with Crippen molar-refractivity contribution in [2.24, 2.45) is 23.7 Å². The fourth-order valence-electron chi connectivity index (χ4n) is 12.8. The van der Waals surface area contributed by atoms with Gasteiger partial charge in [-0.25, -0.2) is 9.13 Å². The summed E-state index contributed by atoms with van der Waals surface area (Å²) in [5.41, 5.74) is 0. The van der Waals surface area contributed by atoms with Crippen LogP contribution in [0.25, 0.3) is 0 Å². The lowest BCUT2D eigenvalue weighted by atomic mass is 10.0. The highest BCUT2D eigenvalue weighted by molar-refractivity contribution is 7.47. The van der Waals surface area contributed by atoms with Crippen molar-refractivity contribution in [3.63, 3.8) is 0 Å². The van der Waals surface area contributed by atoms with Gasteiger partial charge < -0.3 is 33.8 Å². The Bertz CT molecular complexity index is 1990. The van der Waals surface area contributed by atoms with E-state index in [1.165, 1.54) is 231 Å². The Kier molecular flexibility index (Phi) is 70.6. The summed E-state index contributed by atoms with van der Waals surface area (Å²) in [5.74, 6) is 0.996. The molecule has 3 N–H and O–H groups in total. The second-order valence-corrected chi connectivity index (χ2v) is 34.7. The standard InChI is InChI=1S/C83H162O17P2/c1-73(2)59-51-43-35-27-21-16-12-9-10-14-19-25-31-41-49-57-65-82(87)99-78(69-93-80(85)63-55-47-39-30-24-18-15-11-13-17-22-28-36-44-52-60-74(3)4)71-97-101(89,90)95-67-77(84)68-96-102(91,92)98-72-79(70-94-81(86)64-56-48-40-34-33-38-46-54-62-76(7)8)100-83(88)66-58-50-42-32-26-20-23-29-37-45-53-61-75(5)6/h73-79,84H,9-72H2,1-8H3,(H,89,90)(H,91,92)/t77-,78-,79-/m1/s1. The van der Waals surface area contributed by atoms with Crippen LogP contribution in [0.15, 0.2) is 0 Å². The van der Waals surface area contributed by atoms with Crippen molar-refractivity contribution in [2.75, 3.05) is 39.6 Å². The second kappa shape index (κ2) is 72.0. The zero-order chi connectivity index (χ0) is 75.3. The number of esters is 4. The van der Waals surface area contributed by atoms with E-state index in [0.29, 0.717) is 25.7 Å². The monoisotopic (exact) mass is 1490 g/mol. The fourth-order valence-corrected chi connectivity index (χ4v) is 14.4. The normalized spacial score (nSPS) is 14.0. The van der Waals surface area contributed by atoms with E-state index in [-0.39, 0.29) is 25.7 Å². The molecule has 0 aromatic heterocycles. The van der Waals surface area contributed by atoms with Crippen LogP contribution in [0.1, 0.15) is 428 Å². The molecule has 606 valence electrons. The summed E-state index contributed by atoms with van der Waals surface area (Å²) >= 11 is 0. The molecule has 2 unspecified atom stereocenters. The maximum Gasteiger partial charge on any atom is 0.472 e. The Morgan fingerprint density at radius 3 is 0.608 bits per heavy atom. The van der Waals surface area contributed by atoms with Gasteiger partial charge in [-0.2, -0.15) is 0 Å². The summed E-state index contributed by atoms with van der Waals surface area (Å²) in [4.78, 5) is 73.1. The van der Waals surface area contributed by atoms with Crippen LogP contribution in [0, 0.1) is 23.7 Å². The largest absolute Gasteiger partial charge is 0.472 e. The Balaban J connectivity index is 5.25. The highest BCUT2D eigenvalue weighted by Crippen LogP contribution is 2.45. The van der Waals surface area contributed by atoms with Crippen molar-refractivity contribution in [1.29, 1.82) is 0 Å². The summed E-state index contributed by atoms with van der Waals surface area (Å²) in [5, 5.41) is 10.7. The van der Waals surface area contributed by atoms with E-state index in [4.69, 9.17) is 37.0 Å². The summed E-state index contributed by atoms with van der Waals surface area (Å²) in [6.45, 7) is 14.3. The maximum atomic E-state index is 13.1. The van der Waals surface area contributed by atoms with Crippen molar-refractivity contribution in [3.05, 3.63) is 0 Å². The SMILES string of the molecule is CC(C)CCCCCCCCCCCCCCCCCCC(=O)O[C@H](COC(=O)CCCCCCCCCCCCCCCCCC(C)C)COP(=O)(O)OC[C@@H](O)COP(=O)(O)OC[C@@H](COC(=O)CCCCCCCCCCC(C)C)OC(=O)CCCCCCCCCCCCCC(C)C. The number of hydrogen-bond acceptors (Lipinski definition) is 15. The molecule has 0 fully saturated rings. The molecule has 0 aliphatic carbocycles. The summed E-state index contributed by atoms with van der Waals surface area (Å²) in [6, 6.07) is 0. The number of carbonyl (C=O) groups excluding carboxylic acids is 4. The zero-order valence-electron chi connectivity index (χ0n) is 67.2. The van der Waals surface area contributed by atoms with Crippen LogP contribution in [0.5, 0.6) is 0 Å². The van der Waals surface area contributed by atoms with Crippen LogP contribution in [0.2, 0.25) is 0 Å². The molecule has 0 aromatic rings. The molecule has 0 aliphatic rings. The van der Waals surface area contributed by atoms with Gasteiger partial charge in [0, 0.05) is 25.7 Å². The summed E-state index contributed by atoms with van der Waals surface area (Å²) < 4.78 is 68.8. The Morgan fingerprint density at radius 1 is 0.245 bits per heavy atom. The molecular weight excluding hydrogens is 1330 g/mol. The number of aliphatic hydroxyl groups excluding tert-OH is 1. The van der Waals surface area contributed by atoms with E-state index in [1.54, 1.807) is 0 Å². The molecule has 0 aliphatic heterocycles. The van der Waals surface area contributed by atoms with E-state index >= 15 is 0 Å². The van der Waals surface area contributed by atoms with Crippen molar-refractivity contribution < 1.29 is 80.2 Å². The number of rotatable bonds is 80. The first-order chi connectivity index (χ1) is 49.1. The number of unbranched alkanes of at least 4 members (excludes halogenated alkanes) is 46. The molecule has 0 bridgehead atoms. The van der Waals surface area contributed by atoms with Gasteiger partial charge in [0.05, 0.1) is 26.4 Å². The first-order valence-corrected chi connectivity index (χ1v) is 45.7. The number of aliphatic hydroxyl groups is 1. The molecule has 19 heteroatoms. The lowest BCUT2D eigenvalue weighted by Crippen LogP contribution is -2.30. The number of ether oxygens (including phenoxy) is 4. The first-order valence-electron chi connectivity index (χ1n) is 42.7. The molecule has 0 radical (unpaired) electrons. The molecule has 17 nitrogen and oxygen atoms in total. The van der Waals surface area contributed by atoms with Gasteiger partial charge in [-0.15, -0.1) is 0 Å². The van der Waals surface area contributed by atoms with Gasteiger partial charge in [-0.1, -0.05) is 376 Å². The first kappa shape index (κ1) is 100. The molecular formula is C83H162O17P2. The van der Waals surface area contributed by atoms with E-state index in [2.05, 4.69) is 55.4 Å². The van der Waals surface area contributed by atoms with E-state index < -0.39 is 97.5 Å². The number of phosphoric ester groups is 2. The van der Waals surface area contributed by atoms with Gasteiger partial charge >= 0.3 is 39.5 Å². The number of carbonyl (C=O) groups is 4. The number of phosphoric acid groups is 2. The molecule has 0 amide bonds. The molecule has 0 saturated heterocycles. The van der Waals surface area contributed by atoms with Gasteiger partial charge in [0.15, 0.2) is 12.2 Å². The number of hydrogen-bond donors (Lipinski definition) is 3. The van der Waals surface area contributed by atoms with Gasteiger partial charge in [-0.3, -0.25) is 37.3 Å².